The Hall–Kier alpha value is -2.65. The lowest BCUT2D eigenvalue weighted by molar-refractivity contribution is -0.143. The van der Waals surface area contributed by atoms with Crippen LogP contribution in [0.2, 0.25) is 0 Å². The molecule has 0 bridgehead atoms. The third-order valence-electron chi connectivity index (χ3n) is 3.84. The van der Waals surface area contributed by atoms with Gasteiger partial charge in [-0.25, -0.2) is 4.79 Å². The van der Waals surface area contributed by atoms with Gasteiger partial charge in [-0.1, -0.05) is 107 Å². The topological polar surface area (TPSA) is 29.5 Å². The van der Waals surface area contributed by atoms with Gasteiger partial charge in [-0.15, -0.1) is 6.58 Å². The number of esters is 1. The number of hydrogen-bond donors (Lipinski definition) is 0. The molecule has 30 heavy (non-hydrogen) atoms. The van der Waals surface area contributed by atoms with Crippen LogP contribution in [0.1, 0.15) is 51.7 Å². The standard InChI is InChI=1S/C22H25NO2.C3H8.C2H6/c1-3-11-21(25-22(24)4-2)18-23(16-19-12-7-5-8-13-19)17-20-14-9-6-10-15-20;1-3-2;1-2/h3-10,12-15,21H,1-2,11,16-18H2;3H2,1-2H3;1-2H3. The van der Waals surface area contributed by atoms with Crippen molar-refractivity contribution in [2.45, 2.75) is 59.7 Å². The quantitative estimate of drug-likeness (QED) is 0.245. The second-order valence-electron chi connectivity index (χ2n) is 6.64. The highest BCUT2D eigenvalue weighted by atomic mass is 16.5. The Morgan fingerprint density at radius 2 is 1.37 bits per heavy atom. The molecule has 0 aliphatic carbocycles. The summed E-state index contributed by atoms with van der Waals surface area (Å²) in [5, 5.41) is 0. The number of carbonyl (C=O) groups excluding carboxylic acids is 1. The molecule has 0 spiro atoms. The molecule has 1 unspecified atom stereocenters. The summed E-state index contributed by atoms with van der Waals surface area (Å²) < 4.78 is 5.48. The van der Waals surface area contributed by atoms with Crippen LogP contribution in [-0.2, 0) is 22.6 Å². The molecule has 0 aliphatic heterocycles. The summed E-state index contributed by atoms with van der Waals surface area (Å²) in [5.74, 6) is -0.397. The van der Waals surface area contributed by atoms with Crippen LogP contribution in [0.25, 0.3) is 0 Å². The molecule has 0 heterocycles. The van der Waals surface area contributed by atoms with Gasteiger partial charge in [-0.05, 0) is 11.1 Å². The second-order valence-corrected chi connectivity index (χ2v) is 6.64. The summed E-state index contributed by atoms with van der Waals surface area (Å²) in [6.45, 7) is 17.7. The second kappa shape index (κ2) is 18.4. The fourth-order valence-corrected chi connectivity index (χ4v) is 2.71. The first-order valence-corrected chi connectivity index (χ1v) is 10.9. The fraction of sp³-hybridized carbons (Fsp3) is 0.370. The van der Waals surface area contributed by atoms with Crippen LogP contribution in [0.4, 0.5) is 0 Å². The Morgan fingerprint density at radius 3 is 1.73 bits per heavy atom. The summed E-state index contributed by atoms with van der Waals surface area (Å²) in [4.78, 5) is 13.9. The zero-order valence-corrected chi connectivity index (χ0v) is 19.2. The Balaban J connectivity index is 0.00000154. The third kappa shape index (κ3) is 12.7. The van der Waals surface area contributed by atoms with E-state index in [1.165, 1.54) is 23.6 Å². The maximum atomic E-state index is 11.6. The van der Waals surface area contributed by atoms with Gasteiger partial charge in [0, 0.05) is 32.1 Å². The number of hydrogen-bond acceptors (Lipinski definition) is 3. The van der Waals surface area contributed by atoms with Gasteiger partial charge in [-0.2, -0.15) is 0 Å². The number of benzene rings is 2. The van der Waals surface area contributed by atoms with E-state index in [0.717, 1.165) is 13.1 Å². The summed E-state index contributed by atoms with van der Waals surface area (Å²) in [5.41, 5.74) is 2.46. The van der Waals surface area contributed by atoms with Crippen LogP contribution in [0.3, 0.4) is 0 Å². The predicted molar refractivity (Wildman–Crippen MR) is 129 cm³/mol. The summed E-state index contributed by atoms with van der Waals surface area (Å²) in [7, 11) is 0. The highest BCUT2D eigenvalue weighted by molar-refractivity contribution is 5.81. The first-order chi connectivity index (χ1) is 14.6. The minimum atomic E-state index is -0.397. The van der Waals surface area contributed by atoms with E-state index in [0.29, 0.717) is 13.0 Å². The van der Waals surface area contributed by atoms with E-state index < -0.39 is 5.97 Å². The molecule has 1 atom stereocenters. The van der Waals surface area contributed by atoms with E-state index in [2.05, 4.69) is 56.2 Å². The predicted octanol–water partition coefficient (Wildman–Crippen LogP) is 6.81. The molecule has 0 aliphatic rings. The summed E-state index contributed by atoms with van der Waals surface area (Å²) in [6, 6.07) is 20.6. The largest absolute Gasteiger partial charge is 0.458 e. The van der Waals surface area contributed by atoms with Gasteiger partial charge in [-0.3, -0.25) is 4.90 Å². The summed E-state index contributed by atoms with van der Waals surface area (Å²) >= 11 is 0. The first-order valence-electron chi connectivity index (χ1n) is 10.9. The first kappa shape index (κ1) is 27.4. The van der Waals surface area contributed by atoms with Crippen molar-refractivity contribution in [2.24, 2.45) is 0 Å². The molecule has 0 aromatic heterocycles. The Labute approximate surface area is 184 Å². The number of nitrogens with zero attached hydrogens (tertiary/aromatic N) is 1. The normalized spacial score (nSPS) is 10.6. The third-order valence-corrected chi connectivity index (χ3v) is 3.84. The monoisotopic (exact) mass is 409 g/mol. The Morgan fingerprint density at radius 1 is 0.933 bits per heavy atom. The molecule has 164 valence electrons. The van der Waals surface area contributed by atoms with E-state index in [1.807, 2.05) is 50.2 Å². The number of ether oxygens (including phenoxy) is 1. The molecule has 2 aromatic rings. The molecular formula is C27H39NO2. The highest BCUT2D eigenvalue weighted by Gasteiger charge is 2.17. The van der Waals surface area contributed by atoms with Crippen molar-refractivity contribution in [1.29, 1.82) is 0 Å². The lowest BCUT2D eigenvalue weighted by atomic mass is 10.1. The van der Waals surface area contributed by atoms with Crippen LogP contribution in [-0.4, -0.2) is 23.5 Å². The van der Waals surface area contributed by atoms with E-state index in [9.17, 15) is 4.79 Å². The van der Waals surface area contributed by atoms with E-state index >= 15 is 0 Å². The van der Waals surface area contributed by atoms with Crippen molar-refractivity contribution < 1.29 is 9.53 Å². The lowest BCUT2D eigenvalue weighted by Crippen LogP contribution is -2.34. The molecule has 3 heteroatoms. The van der Waals surface area contributed by atoms with Crippen LogP contribution in [0, 0.1) is 0 Å². The van der Waals surface area contributed by atoms with Gasteiger partial charge in [0.15, 0.2) is 0 Å². The minimum Gasteiger partial charge on any atom is -0.458 e. The Bertz CT molecular complexity index is 641. The molecule has 2 rings (SSSR count). The van der Waals surface area contributed by atoms with Gasteiger partial charge in [0.25, 0.3) is 0 Å². The van der Waals surface area contributed by atoms with Gasteiger partial charge in [0.1, 0.15) is 6.10 Å². The molecule has 0 saturated heterocycles. The van der Waals surface area contributed by atoms with Crippen LogP contribution < -0.4 is 0 Å². The molecule has 3 nitrogen and oxygen atoms in total. The number of rotatable bonds is 10. The number of carbonyl (C=O) groups is 1. The summed E-state index contributed by atoms with van der Waals surface area (Å²) in [6.07, 6.45) is 4.61. The van der Waals surface area contributed by atoms with Crippen molar-refractivity contribution in [1.82, 2.24) is 4.90 Å². The maximum Gasteiger partial charge on any atom is 0.330 e. The van der Waals surface area contributed by atoms with Crippen molar-refractivity contribution in [3.63, 3.8) is 0 Å². The lowest BCUT2D eigenvalue weighted by Gasteiger charge is -2.27. The van der Waals surface area contributed by atoms with Gasteiger partial charge >= 0.3 is 5.97 Å². The van der Waals surface area contributed by atoms with Crippen molar-refractivity contribution >= 4 is 5.97 Å². The van der Waals surface area contributed by atoms with Gasteiger partial charge in [0.05, 0.1) is 0 Å². The van der Waals surface area contributed by atoms with Crippen LogP contribution >= 0.6 is 0 Å². The average molecular weight is 410 g/mol. The smallest absolute Gasteiger partial charge is 0.330 e. The van der Waals surface area contributed by atoms with Crippen molar-refractivity contribution in [3.8, 4) is 0 Å². The molecule has 0 amide bonds. The zero-order valence-electron chi connectivity index (χ0n) is 19.2. The molecular weight excluding hydrogens is 370 g/mol. The van der Waals surface area contributed by atoms with E-state index in [4.69, 9.17) is 4.74 Å². The van der Waals surface area contributed by atoms with E-state index in [-0.39, 0.29) is 6.10 Å². The average Bonchev–Trinajstić information content (AvgIpc) is 2.77. The molecule has 2 aromatic carbocycles. The minimum absolute atomic E-state index is 0.240. The van der Waals surface area contributed by atoms with Crippen LogP contribution in [0.5, 0.6) is 0 Å². The van der Waals surface area contributed by atoms with Crippen LogP contribution in [0.15, 0.2) is 86.0 Å². The maximum absolute atomic E-state index is 11.6. The van der Waals surface area contributed by atoms with Crippen molar-refractivity contribution in [3.05, 3.63) is 97.1 Å². The zero-order chi connectivity index (χ0) is 22.6. The molecule has 0 N–H and O–H groups in total. The SMILES string of the molecule is C=CCC(CN(Cc1ccccc1)Cc1ccccc1)OC(=O)C=C.CC.CCC. The fourth-order valence-electron chi connectivity index (χ4n) is 2.71. The van der Waals surface area contributed by atoms with Gasteiger partial charge in [0.2, 0.25) is 0 Å². The van der Waals surface area contributed by atoms with Crippen molar-refractivity contribution in [2.75, 3.05) is 6.54 Å². The van der Waals surface area contributed by atoms with Gasteiger partial charge < -0.3 is 4.74 Å². The molecule has 0 fully saturated rings. The Kier molecular flexibility index (Phi) is 16.8. The van der Waals surface area contributed by atoms with E-state index in [1.54, 1.807) is 6.08 Å². The highest BCUT2D eigenvalue weighted by Crippen LogP contribution is 2.13. The molecule has 0 radical (unpaired) electrons. The molecule has 0 saturated carbocycles.